The molecule has 134 valence electrons. The van der Waals surface area contributed by atoms with Crippen LogP contribution in [0.4, 0.5) is 5.69 Å². The van der Waals surface area contributed by atoms with Crippen LogP contribution in [0.3, 0.4) is 0 Å². The largest absolute Gasteiger partial charge is 0.492 e. The molecule has 1 N–H and O–H groups in total. The van der Waals surface area contributed by atoms with Gasteiger partial charge in [-0.1, -0.05) is 18.2 Å². The molecule has 0 unspecified atom stereocenters. The molecule has 0 fully saturated rings. The molecule has 2 aromatic carbocycles. The minimum atomic E-state index is -0.453. The van der Waals surface area contributed by atoms with E-state index < -0.39 is 5.91 Å². The number of nitrogens with zero attached hydrogens (tertiary/aromatic N) is 1. The highest BCUT2D eigenvalue weighted by Crippen LogP contribution is 2.34. The van der Waals surface area contributed by atoms with E-state index in [0.717, 1.165) is 9.13 Å². The van der Waals surface area contributed by atoms with E-state index in [1.54, 1.807) is 19.2 Å². The van der Waals surface area contributed by atoms with E-state index >= 15 is 0 Å². The first kappa shape index (κ1) is 19.8. The molecule has 2 aromatic rings. The van der Waals surface area contributed by atoms with Crippen LogP contribution in [0.15, 0.2) is 42.0 Å². The SMILES string of the molecule is CCOc1cc(/C=C(/C#N)C(=O)Nc2ccccc2C)cc(I)c1OC. The van der Waals surface area contributed by atoms with Crippen molar-refractivity contribution in [1.82, 2.24) is 0 Å². The van der Waals surface area contributed by atoms with Crippen molar-refractivity contribution in [2.75, 3.05) is 19.0 Å². The minimum absolute atomic E-state index is 0.0108. The Labute approximate surface area is 166 Å². The van der Waals surface area contributed by atoms with Crippen LogP contribution in [0.2, 0.25) is 0 Å². The molecule has 0 saturated carbocycles. The van der Waals surface area contributed by atoms with Crippen molar-refractivity contribution in [2.24, 2.45) is 0 Å². The first-order valence-electron chi connectivity index (χ1n) is 7.99. The van der Waals surface area contributed by atoms with E-state index in [-0.39, 0.29) is 5.57 Å². The number of hydrogen-bond acceptors (Lipinski definition) is 4. The lowest BCUT2D eigenvalue weighted by Gasteiger charge is -2.12. The fourth-order valence-corrected chi connectivity index (χ4v) is 3.20. The molecule has 5 nitrogen and oxygen atoms in total. The lowest BCUT2D eigenvalue weighted by atomic mass is 10.1. The smallest absolute Gasteiger partial charge is 0.266 e. The predicted molar refractivity (Wildman–Crippen MR) is 110 cm³/mol. The van der Waals surface area contributed by atoms with Gasteiger partial charge in [0.25, 0.3) is 5.91 Å². The standard InChI is InChI=1S/C20H19IN2O3/c1-4-26-18-11-14(10-16(21)19(18)25-3)9-15(12-22)20(24)23-17-8-6-5-7-13(17)2/h5-11H,4H2,1-3H3,(H,23,24)/b15-9-. The minimum Gasteiger partial charge on any atom is -0.492 e. The Balaban J connectivity index is 2.35. The first-order chi connectivity index (χ1) is 12.5. The van der Waals surface area contributed by atoms with Gasteiger partial charge in [0.1, 0.15) is 11.6 Å². The fourth-order valence-electron chi connectivity index (χ4n) is 2.35. The van der Waals surface area contributed by atoms with Gasteiger partial charge in [-0.25, -0.2) is 0 Å². The number of carbonyl (C=O) groups is 1. The topological polar surface area (TPSA) is 71.3 Å². The molecule has 0 saturated heterocycles. The molecule has 0 aromatic heterocycles. The Kier molecular flexibility index (Phi) is 7.04. The molecule has 0 aliphatic heterocycles. The van der Waals surface area contributed by atoms with Gasteiger partial charge in [0.05, 0.1) is 17.3 Å². The molecule has 0 radical (unpaired) electrons. The third-order valence-corrected chi connectivity index (χ3v) is 4.41. The molecule has 0 bridgehead atoms. The summed E-state index contributed by atoms with van der Waals surface area (Å²) >= 11 is 2.13. The van der Waals surface area contributed by atoms with Gasteiger partial charge in [-0.2, -0.15) is 5.26 Å². The van der Waals surface area contributed by atoms with E-state index in [1.807, 2.05) is 44.2 Å². The zero-order chi connectivity index (χ0) is 19.1. The molecule has 0 atom stereocenters. The second-order valence-corrected chi connectivity index (χ2v) is 6.57. The van der Waals surface area contributed by atoms with E-state index in [0.29, 0.717) is 29.4 Å². The Bertz CT molecular complexity index is 885. The summed E-state index contributed by atoms with van der Waals surface area (Å²) < 4.78 is 11.8. The molecular weight excluding hydrogens is 443 g/mol. The average molecular weight is 462 g/mol. The van der Waals surface area contributed by atoms with Crippen LogP contribution in [-0.4, -0.2) is 19.6 Å². The molecule has 26 heavy (non-hydrogen) atoms. The van der Waals surface area contributed by atoms with Crippen molar-refractivity contribution in [3.63, 3.8) is 0 Å². The molecule has 1 amide bonds. The summed E-state index contributed by atoms with van der Waals surface area (Å²) in [5.41, 5.74) is 2.31. The zero-order valence-corrected chi connectivity index (χ0v) is 17.0. The number of anilines is 1. The highest BCUT2D eigenvalue weighted by atomic mass is 127. The van der Waals surface area contributed by atoms with Gasteiger partial charge in [-0.15, -0.1) is 0 Å². The molecule has 6 heteroatoms. The van der Waals surface area contributed by atoms with Crippen LogP contribution in [0, 0.1) is 21.8 Å². The van der Waals surface area contributed by atoms with Crippen molar-refractivity contribution in [3.8, 4) is 17.6 Å². The van der Waals surface area contributed by atoms with E-state index in [4.69, 9.17) is 9.47 Å². The first-order valence-corrected chi connectivity index (χ1v) is 9.07. The lowest BCUT2D eigenvalue weighted by Crippen LogP contribution is -2.14. The van der Waals surface area contributed by atoms with Gasteiger partial charge in [0.2, 0.25) is 0 Å². The monoisotopic (exact) mass is 462 g/mol. The normalized spacial score (nSPS) is 10.8. The van der Waals surface area contributed by atoms with Crippen LogP contribution in [0.25, 0.3) is 6.08 Å². The highest BCUT2D eigenvalue weighted by Gasteiger charge is 2.14. The second kappa shape index (κ2) is 9.25. The third kappa shape index (κ3) is 4.76. The van der Waals surface area contributed by atoms with Crippen LogP contribution in [0.1, 0.15) is 18.1 Å². The molecule has 2 rings (SSSR count). The molecule has 0 heterocycles. The Morgan fingerprint density at radius 1 is 1.35 bits per heavy atom. The number of para-hydroxylation sites is 1. The van der Waals surface area contributed by atoms with Crippen molar-refractivity contribution < 1.29 is 14.3 Å². The number of benzene rings is 2. The van der Waals surface area contributed by atoms with Gasteiger partial charge < -0.3 is 14.8 Å². The summed E-state index contributed by atoms with van der Waals surface area (Å²) in [4.78, 5) is 12.5. The van der Waals surface area contributed by atoms with E-state index in [2.05, 4.69) is 27.9 Å². The number of nitriles is 1. The van der Waals surface area contributed by atoms with Crippen LogP contribution in [-0.2, 0) is 4.79 Å². The van der Waals surface area contributed by atoms with Gasteiger partial charge in [0, 0.05) is 5.69 Å². The summed E-state index contributed by atoms with van der Waals surface area (Å²) in [6.07, 6.45) is 1.54. The van der Waals surface area contributed by atoms with E-state index in [9.17, 15) is 10.1 Å². The summed E-state index contributed by atoms with van der Waals surface area (Å²) in [5.74, 6) is 0.753. The fraction of sp³-hybridized carbons (Fsp3) is 0.200. The average Bonchev–Trinajstić information content (AvgIpc) is 2.61. The summed E-state index contributed by atoms with van der Waals surface area (Å²) in [6, 6.07) is 13.0. The number of amides is 1. The number of aryl methyl sites for hydroxylation is 1. The Hall–Kier alpha value is -2.53. The van der Waals surface area contributed by atoms with Gasteiger partial charge >= 0.3 is 0 Å². The molecular formula is C20H19IN2O3. The summed E-state index contributed by atoms with van der Waals surface area (Å²) in [6.45, 7) is 4.26. The summed E-state index contributed by atoms with van der Waals surface area (Å²) in [7, 11) is 1.58. The van der Waals surface area contributed by atoms with Crippen molar-refractivity contribution in [1.29, 1.82) is 5.26 Å². The zero-order valence-electron chi connectivity index (χ0n) is 14.8. The number of rotatable bonds is 6. The quantitative estimate of drug-likeness (QED) is 0.389. The molecule has 0 aliphatic carbocycles. The number of carbonyl (C=O) groups excluding carboxylic acids is 1. The predicted octanol–water partition coefficient (Wildman–Crippen LogP) is 4.55. The number of nitrogens with one attached hydrogen (secondary N) is 1. The van der Waals surface area contributed by atoms with Gasteiger partial charge in [0.15, 0.2) is 11.5 Å². The Morgan fingerprint density at radius 2 is 2.08 bits per heavy atom. The van der Waals surface area contributed by atoms with Crippen LogP contribution in [0.5, 0.6) is 11.5 Å². The lowest BCUT2D eigenvalue weighted by molar-refractivity contribution is -0.112. The number of ether oxygens (including phenoxy) is 2. The van der Waals surface area contributed by atoms with E-state index in [1.165, 1.54) is 6.08 Å². The van der Waals surface area contributed by atoms with Gasteiger partial charge in [-0.05, 0) is 71.8 Å². The summed E-state index contributed by atoms with van der Waals surface area (Å²) in [5, 5.41) is 12.2. The second-order valence-electron chi connectivity index (χ2n) is 5.41. The number of hydrogen-bond donors (Lipinski definition) is 1. The van der Waals surface area contributed by atoms with Crippen molar-refractivity contribution in [3.05, 3.63) is 56.7 Å². The maximum Gasteiger partial charge on any atom is 0.266 e. The van der Waals surface area contributed by atoms with Crippen molar-refractivity contribution in [2.45, 2.75) is 13.8 Å². The third-order valence-electron chi connectivity index (χ3n) is 3.61. The molecule has 0 spiro atoms. The van der Waals surface area contributed by atoms with Crippen molar-refractivity contribution >= 4 is 40.3 Å². The van der Waals surface area contributed by atoms with Crippen LogP contribution < -0.4 is 14.8 Å². The Morgan fingerprint density at radius 3 is 2.69 bits per heavy atom. The molecule has 0 aliphatic rings. The maximum atomic E-state index is 12.5. The van der Waals surface area contributed by atoms with Crippen LogP contribution >= 0.6 is 22.6 Å². The van der Waals surface area contributed by atoms with Gasteiger partial charge in [-0.3, -0.25) is 4.79 Å². The number of methoxy groups -OCH3 is 1. The highest BCUT2D eigenvalue weighted by molar-refractivity contribution is 14.1. The maximum absolute atomic E-state index is 12.5. The number of halogens is 1.